The number of thioether (sulfide) groups is 1. The third-order valence-corrected chi connectivity index (χ3v) is 3.19. The zero-order valence-electron chi connectivity index (χ0n) is 9.61. The lowest BCUT2D eigenvalue weighted by atomic mass is 10.4. The third kappa shape index (κ3) is 2.83. The Labute approximate surface area is 107 Å². The lowest BCUT2D eigenvalue weighted by Crippen LogP contribution is -2.22. The van der Waals surface area contributed by atoms with Crippen LogP contribution in [0.1, 0.15) is 6.42 Å². The molecule has 0 saturated heterocycles. The van der Waals surface area contributed by atoms with Crippen molar-refractivity contribution >= 4 is 17.7 Å². The Morgan fingerprint density at radius 2 is 2.28 bits per heavy atom. The molecule has 0 aromatic carbocycles. The Kier molecular flexibility index (Phi) is 3.88. The largest absolute Gasteiger partial charge is 0.550 e. The van der Waals surface area contributed by atoms with Gasteiger partial charge in [0.2, 0.25) is 0 Å². The van der Waals surface area contributed by atoms with Gasteiger partial charge in [-0.3, -0.25) is 4.98 Å². The fourth-order valence-electron chi connectivity index (χ4n) is 1.30. The number of carbonyl (C=O) groups excluding carboxylic acids is 1. The van der Waals surface area contributed by atoms with Crippen molar-refractivity contribution in [2.45, 2.75) is 11.6 Å². The molecule has 0 atom stereocenters. The van der Waals surface area contributed by atoms with Gasteiger partial charge < -0.3 is 14.5 Å². The maximum atomic E-state index is 10.3. The molecule has 0 N–H and O–H groups in total. The minimum absolute atomic E-state index is 0.0159. The number of rotatable bonds is 5. The smallest absolute Gasteiger partial charge is 0.191 e. The highest BCUT2D eigenvalue weighted by Gasteiger charge is 2.11. The Hall–Kier alpha value is -1.96. The first kappa shape index (κ1) is 12.5. The van der Waals surface area contributed by atoms with Crippen molar-refractivity contribution in [1.29, 1.82) is 0 Å². The highest BCUT2D eigenvalue weighted by molar-refractivity contribution is 7.99. The summed E-state index contributed by atoms with van der Waals surface area (Å²) in [6, 6.07) is 0. The van der Waals surface area contributed by atoms with Crippen LogP contribution in [0.5, 0.6) is 0 Å². The number of nitrogens with zero attached hydrogens (tertiary/aromatic N) is 5. The number of carbonyl (C=O) groups is 1. The number of aliphatic carboxylic acids is 1. The van der Waals surface area contributed by atoms with E-state index in [4.69, 9.17) is 0 Å². The van der Waals surface area contributed by atoms with Crippen LogP contribution >= 0.6 is 11.8 Å². The summed E-state index contributed by atoms with van der Waals surface area (Å²) in [7, 11) is 1.80. The normalized spacial score (nSPS) is 10.5. The van der Waals surface area contributed by atoms with Crippen molar-refractivity contribution in [3.63, 3.8) is 0 Å². The molecule has 2 aromatic rings. The summed E-state index contributed by atoms with van der Waals surface area (Å²) >= 11 is 1.31. The number of hydrogen-bond donors (Lipinski definition) is 0. The molecule has 0 radical (unpaired) electrons. The van der Waals surface area contributed by atoms with Crippen molar-refractivity contribution in [3.05, 3.63) is 18.6 Å². The molecule has 18 heavy (non-hydrogen) atoms. The molecule has 2 aromatic heterocycles. The van der Waals surface area contributed by atoms with E-state index in [9.17, 15) is 9.90 Å². The minimum atomic E-state index is -1.07. The van der Waals surface area contributed by atoms with Gasteiger partial charge in [0.15, 0.2) is 11.0 Å². The van der Waals surface area contributed by atoms with Crippen LogP contribution in [-0.2, 0) is 11.8 Å². The predicted octanol–water partition coefficient (Wildman–Crippen LogP) is -0.496. The topological polar surface area (TPSA) is 96.6 Å². The second-order valence-electron chi connectivity index (χ2n) is 3.43. The van der Waals surface area contributed by atoms with Crippen LogP contribution in [0.3, 0.4) is 0 Å². The molecule has 0 bridgehead atoms. The van der Waals surface area contributed by atoms with E-state index in [0.29, 0.717) is 22.4 Å². The highest BCUT2D eigenvalue weighted by Crippen LogP contribution is 2.20. The average Bonchev–Trinajstić information content (AvgIpc) is 2.72. The van der Waals surface area contributed by atoms with Gasteiger partial charge in [0, 0.05) is 31.2 Å². The summed E-state index contributed by atoms with van der Waals surface area (Å²) in [5, 5.41) is 18.9. The van der Waals surface area contributed by atoms with E-state index >= 15 is 0 Å². The van der Waals surface area contributed by atoms with Crippen LogP contribution in [0.25, 0.3) is 11.5 Å². The van der Waals surface area contributed by atoms with Gasteiger partial charge >= 0.3 is 0 Å². The fraction of sp³-hybridized carbons (Fsp3) is 0.300. The van der Waals surface area contributed by atoms with E-state index in [-0.39, 0.29) is 6.42 Å². The molecular formula is C10H10N5O2S-. The van der Waals surface area contributed by atoms with Gasteiger partial charge in [0.25, 0.3) is 0 Å². The molecule has 0 aliphatic carbocycles. The second kappa shape index (κ2) is 5.58. The van der Waals surface area contributed by atoms with E-state index in [2.05, 4.69) is 20.2 Å². The minimum Gasteiger partial charge on any atom is -0.550 e. The van der Waals surface area contributed by atoms with Gasteiger partial charge in [0.05, 0.1) is 6.20 Å². The molecule has 7 nitrogen and oxygen atoms in total. The molecule has 0 aliphatic rings. The quantitative estimate of drug-likeness (QED) is 0.672. The van der Waals surface area contributed by atoms with Gasteiger partial charge in [0.1, 0.15) is 5.69 Å². The molecule has 0 aliphatic heterocycles. The molecule has 0 unspecified atom stereocenters. The summed E-state index contributed by atoms with van der Waals surface area (Å²) < 4.78 is 1.75. The molecule has 0 fully saturated rings. The average molecular weight is 264 g/mol. The predicted molar refractivity (Wildman–Crippen MR) is 62.4 cm³/mol. The third-order valence-electron chi connectivity index (χ3n) is 2.16. The Balaban J connectivity index is 2.12. The van der Waals surface area contributed by atoms with E-state index in [1.807, 2.05) is 0 Å². The van der Waals surface area contributed by atoms with Gasteiger partial charge in [-0.25, -0.2) is 4.98 Å². The summed E-state index contributed by atoms with van der Waals surface area (Å²) in [5.74, 6) is -0.0766. The first-order chi connectivity index (χ1) is 8.68. The molecule has 94 valence electrons. The maximum Gasteiger partial charge on any atom is 0.191 e. The number of hydrogen-bond acceptors (Lipinski definition) is 7. The monoisotopic (exact) mass is 264 g/mol. The SMILES string of the molecule is Cn1c(SCCC(=O)[O-])nnc1-c1cnccn1. The van der Waals surface area contributed by atoms with Crippen molar-refractivity contribution < 1.29 is 9.90 Å². The molecule has 8 heteroatoms. The van der Waals surface area contributed by atoms with Gasteiger partial charge in [-0.05, 0) is 6.42 Å². The van der Waals surface area contributed by atoms with Crippen molar-refractivity contribution in [2.75, 3.05) is 5.75 Å². The Bertz CT molecular complexity index is 542. The Morgan fingerprint density at radius 1 is 1.44 bits per heavy atom. The standard InChI is InChI=1S/C10H11N5O2S/c1-15-9(7-6-11-3-4-12-7)13-14-10(15)18-5-2-8(16)17/h3-4,6H,2,5H2,1H3,(H,16,17)/p-1. The summed E-state index contributed by atoms with van der Waals surface area (Å²) in [5.41, 5.74) is 0.624. The first-order valence-electron chi connectivity index (χ1n) is 5.17. The van der Waals surface area contributed by atoms with E-state index in [0.717, 1.165) is 0 Å². The number of carboxylic acid groups (broad SMARTS) is 1. The molecule has 0 spiro atoms. The molecule has 2 heterocycles. The number of carboxylic acids is 1. The maximum absolute atomic E-state index is 10.3. The van der Waals surface area contributed by atoms with Crippen LogP contribution in [0.4, 0.5) is 0 Å². The molecule has 2 rings (SSSR count). The highest BCUT2D eigenvalue weighted by atomic mass is 32.2. The van der Waals surface area contributed by atoms with Crippen LogP contribution in [0.15, 0.2) is 23.7 Å². The molecule has 0 amide bonds. The lowest BCUT2D eigenvalue weighted by Gasteiger charge is -2.03. The van der Waals surface area contributed by atoms with Crippen LogP contribution in [0, 0.1) is 0 Å². The van der Waals surface area contributed by atoms with Crippen molar-refractivity contribution in [3.8, 4) is 11.5 Å². The second-order valence-corrected chi connectivity index (χ2v) is 4.49. The number of aromatic nitrogens is 5. The lowest BCUT2D eigenvalue weighted by molar-refractivity contribution is -0.305. The van der Waals surface area contributed by atoms with E-state index < -0.39 is 5.97 Å². The van der Waals surface area contributed by atoms with Gasteiger partial charge in [-0.1, -0.05) is 11.8 Å². The van der Waals surface area contributed by atoms with Crippen molar-refractivity contribution in [1.82, 2.24) is 24.7 Å². The van der Waals surface area contributed by atoms with Crippen LogP contribution in [0.2, 0.25) is 0 Å². The van der Waals surface area contributed by atoms with Gasteiger partial charge in [-0.2, -0.15) is 0 Å². The summed E-state index contributed by atoms with van der Waals surface area (Å²) in [6.07, 6.45) is 4.74. The van der Waals surface area contributed by atoms with E-state index in [1.165, 1.54) is 11.8 Å². The van der Waals surface area contributed by atoms with Gasteiger partial charge in [-0.15, -0.1) is 10.2 Å². The molecular weight excluding hydrogens is 254 g/mol. The van der Waals surface area contributed by atoms with Crippen LogP contribution < -0.4 is 5.11 Å². The van der Waals surface area contributed by atoms with Crippen molar-refractivity contribution in [2.24, 2.45) is 7.05 Å². The summed E-state index contributed by atoms with van der Waals surface area (Å²) in [6.45, 7) is 0. The zero-order valence-corrected chi connectivity index (χ0v) is 10.4. The summed E-state index contributed by atoms with van der Waals surface area (Å²) in [4.78, 5) is 18.4. The molecule has 0 saturated carbocycles. The zero-order chi connectivity index (χ0) is 13.0. The Morgan fingerprint density at radius 3 is 2.94 bits per heavy atom. The fourth-order valence-corrected chi connectivity index (χ4v) is 2.13. The first-order valence-corrected chi connectivity index (χ1v) is 6.15. The van der Waals surface area contributed by atoms with E-state index in [1.54, 1.807) is 30.2 Å². The van der Waals surface area contributed by atoms with Crippen LogP contribution in [-0.4, -0.2) is 36.5 Å².